The Morgan fingerprint density at radius 3 is 1.92 bits per heavy atom. The van der Waals surface area contributed by atoms with Crippen LogP contribution in [0.1, 0.15) is 51.2 Å². The van der Waals surface area contributed by atoms with Gasteiger partial charge in [-0.15, -0.1) is 0 Å². The van der Waals surface area contributed by atoms with Gasteiger partial charge in [-0.2, -0.15) is 13.2 Å². The molecule has 1 saturated heterocycles. The van der Waals surface area contributed by atoms with Gasteiger partial charge in [-0.3, -0.25) is 0 Å². The summed E-state index contributed by atoms with van der Waals surface area (Å²) in [5.41, 5.74) is -6.12. The zero-order valence-corrected chi connectivity index (χ0v) is 24.8. The van der Waals surface area contributed by atoms with Gasteiger partial charge in [0.15, 0.2) is 5.44 Å². The summed E-state index contributed by atoms with van der Waals surface area (Å²) in [6, 6.07) is 21.1. The molecule has 0 aromatic heterocycles. The van der Waals surface area contributed by atoms with Crippen molar-refractivity contribution in [3.05, 3.63) is 71.8 Å². The molecule has 39 heavy (non-hydrogen) atoms. The second-order valence-corrected chi connectivity index (χ2v) is 17.9. The van der Waals surface area contributed by atoms with Gasteiger partial charge < -0.3 is 14.2 Å². The molecular formula is C29H41F3O5SSi. The first-order valence-corrected chi connectivity index (χ1v) is 18.0. The van der Waals surface area contributed by atoms with Crippen molar-refractivity contribution in [1.29, 1.82) is 0 Å². The fourth-order valence-electron chi connectivity index (χ4n) is 5.76. The molecule has 2 aromatic rings. The van der Waals surface area contributed by atoms with E-state index >= 15 is 0 Å². The molecule has 1 aliphatic rings. The van der Waals surface area contributed by atoms with Crippen LogP contribution in [0.4, 0.5) is 13.2 Å². The second kappa shape index (κ2) is 14.3. The van der Waals surface area contributed by atoms with Gasteiger partial charge in [0, 0.05) is 6.61 Å². The van der Waals surface area contributed by atoms with Crippen LogP contribution in [0.3, 0.4) is 0 Å². The van der Waals surface area contributed by atoms with E-state index in [2.05, 4.69) is 0 Å². The standard InChI is InChI=1S/C29H41F3O5SSi/c1-4-39(5-2,6-3)27-18-17-25(36-22-24-15-11-8-12-16-24)26(37-28(27)38(33,34)29(30,31)32)19-20-35-21-23-13-9-7-10-14-23/h7-16,25-28H,4-6,17-22H2,1-3H3/t25-,26+,27+,28-/m1/s1. The molecule has 1 heterocycles. The summed E-state index contributed by atoms with van der Waals surface area (Å²) in [7, 11) is -7.99. The molecule has 0 bridgehead atoms. The number of sulfone groups is 1. The molecule has 0 saturated carbocycles. The predicted molar refractivity (Wildman–Crippen MR) is 150 cm³/mol. The number of hydrogen-bond donors (Lipinski definition) is 0. The molecule has 0 amide bonds. The lowest BCUT2D eigenvalue weighted by Gasteiger charge is -2.40. The van der Waals surface area contributed by atoms with Crippen molar-refractivity contribution >= 4 is 17.9 Å². The van der Waals surface area contributed by atoms with E-state index in [4.69, 9.17) is 14.2 Å². The maximum absolute atomic E-state index is 14.0. The van der Waals surface area contributed by atoms with Crippen molar-refractivity contribution in [2.75, 3.05) is 6.61 Å². The van der Waals surface area contributed by atoms with Crippen LogP contribution in [0.15, 0.2) is 60.7 Å². The molecule has 4 atom stereocenters. The Bertz CT molecular complexity index is 1090. The third-order valence-corrected chi connectivity index (χ3v) is 16.6. The number of hydrogen-bond acceptors (Lipinski definition) is 5. The lowest BCUT2D eigenvalue weighted by molar-refractivity contribution is -0.0968. The largest absolute Gasteiger partial charge is 0.499 e. The third kappa shape index (κ3) is 7.94. The summed E-state index contributed by atoms with van der Waals surface area (Å²) in [6.07, 6.45) is -0.434. The van der Waals surface area contributed by atoms with E-state index in [-0.39, 0.29) is 19.6 Å². The normalized spacial score (nSPS) is 22.9. The van der Waals surface area contributed by atoms with Crippen LogP contribution in [0.5, 0.6) is 0 Å². The zero-order chi connectivity index (χ0) is 28.5. The minimum atomic E-state index is -5.57. The van der Waals surface area contributed by atoms with E-state index in [0.717, 1.165) is 11.1 Å². The van der Waals surface area contributed by atoms with Gasteiger partial charge in [-0.05, 0) is 35.9 Å². The Hall–Kier alpha value is -1.72. The number of rotatable bonds is 13. The Morgan fingerprint density at radius 1 is 0.872 bits per heavy atom. The zero-order valence-electron chi connectivity index (χ0n) is 23.0. The molecule has 1 aliphatic heterocycles. The Kier molecular flexibility index (Phi) is 11.6. The van der Waals surface area contributed by atoms with Crippen LogP contribution in [-0.4, -0.2) is 46.3 Å². The molecule has 1 fully saturated rings. The molecule has 218 valence electrons. The lowest BCUT2D eigenvalue weighted by Crippen LogP contribution is -2.50. The SMILES string of the molecule is CC[Si](CC)(CC)[C@H]1CC[C@@H](OCc2ccccc2)[C@H](CCOCc2ccccc2)O[C@@H]1S(=O)(=O)C(F)(F)F. The van der Waals surface area contributed by atoms with Crippen molar-refractivity contribution in [3.8, 4) is 0 Å². The van der Waals surface area contributed by atoms with E-state index in [1.165, 1.54) is 0 Å². The Balaban J connectivity index is 1.90. The maximum atomic E-state index is 14.0. The van der Waals surface area contributed by atoms with Crippen LogP contribution < -0.4 is 0 Å². The highest BCUT2D eigenvalue weighted by Crippen LogP contribution is 2.48. The minimum absolute atomic E-state index is 0.201. The summed E-state index contributed by atoms with van der Waals surface area (Å²) in [5, 5.41) is 0. The van der Waals surface area contributed by atoms with Gasteiger partial charge in [-0.1, -0.05) is 99.6 Å². The van der Waals surface area contributed by atoms with Gasteiger partial charge in [0.2, 0.25) is 0 Å². The van der Waals surface area contributed by atoms with Gasteiger partial charge in [-0.25, -0.2) is 8.42 Å². The first-order chi connectivity index (χ1) is 18.6. The van der Waals surface area contributed by atoms with Crippen molar-refractivity contribution in [1.82, 2.24) is 0 Å². The topological polar surface area (TPSA) is 61.8 Å². The number of ether oxygens (including phenoxy) is 3. The molecule has 10 heteroatoms. The van der Waals surface area contributed by atoms with E-state index in [1.54, 1.807) is 0 Å². The van der Waals surface area contributed by atoms with Crippen molar-refractivity contribution < 1.29 is 35.8 Å². The molecule has 5 nitrogen and oxygen atoms in total. The van der Waals surface area contributed by atoms with Crippen LogP contribution in [0.2, 0.25) is 23.7 Å². The molecule has 0 unspecified atom stereocenters. The molecular weight excluding hydrogens is 545 g/mol. The van der Waals surface area contributed by atoms with Gasteiger partial charge in [0.1, 0.15) is 0 Å². The highest BCUT2D eigenvalue weighted by atomic mass is 32.2. The first-order valence-electron chi connectivity index (χ1n) is 13.8. The second-order valence-electron chi connectivity index (χ2n) is 10.3. The Morgan fingerprint density at radius 2 is 1.41 bits per heavy atom. The van der Waals surface area contributed by atoms with Gasteiger partial charge >= 0.3 is 5.51 Å². The Labute approximate surface area is 232 Å². The van der Waals surface area contributed by atoms with E-state index in [0.29, 0.717) is 37.6 Å². The first kappa shape index (κ1) is 31.8. The molecule has 0 aliphatic carbocycles. The fourth-order valence-corrected chi connectivity index (χ4v) is 12.8. The molecule has 0 radical (unpaired) electrons. The minimum Gasteiger partial charge on any atom is -0.377 e. The van der Waals surface area contributed by atoms with Crippen LogP contribution in [-0.2, 0) is 37.3 Å². The summed E-state index contributed by atoms with van der Waals surface area (Å²) in [5.74, 6) is 0. The quantitative estimate of drug-likeness (QED) is 0.180. The summed E-state index contributed by atoms with van der Waals surface area (Å²) in [4.78, 5) is 0. The molecule has 0 N–H and O–H groups in total. The van der Waals surface area contributed by atoms with Crippen molar-refractivity contribution in [3.63, 3.8) is 0 Å². The average molecular weight is 587 g/mol. The smallest absolute Gasteiger partial charge is 0.377 e. The molecule has 0 spiro atoms. The summed E-state index contributed by atoms with van der Waals surface area (Å²) in [6.45, 7) is 6.72. The number of alkyl halides is 3. The number of halogens is 3. The van der Waals surface area contributed by atoms with Crippen molar-refractivity contribution in [2.45, 2.75) is 100 Å². The summed E-state index contributed by atoms with van der Waals surface area (Å²) >= 11 is 0. The maximum Gasteiger partial charge on any atom is 0.499 e. The monoisotopic (exact) mass is 586 g/mol. The molecule has 2 aromatic carbocycles. The van der Waals surface area contributed by atoms with E-state index in [1.807, 2.05) is 81.4 Å². The fraction of sp³-hybridized carbons (Fsp3) is 0.586. The number of benzene rings is 2. The lowest BCUT2D eigenvalue weighted by atomic mass is 10.1. The average Bonchev–Trinajstić information content (AvgIpc) is 3.12. The highest BCUT2D eigenvalue weighted by Gasteiger charge is 2.59. The van der Waals surface area contributed by atoms with Gasteiger partial charge in [0.25, 0.3) is 9.84 Å². The van der Waals surface area contributed by atoms with Crippen LogP contribution in [0, 0.1) is 0 Å². The third-order valence-electron chi connectivity index (χ3n) is 8.31. The predicted octanol–water partition coefficient (Wildman–Crippen LogP) is 7.50. The molecule has 3 rings (SSSR count). The highest BCUT2D eigenvalue weighted by molar-refractivity contribution is 7.92. The van der Waals surface area contributed by atoms with Crippen molar-refractivity contribution in [2.24, 2.45) is 0 Å². The van der Waals surface area contributed by atoms with E-state index < -0.39 is 46.6 Å². The summed E-state index contributed by atoms with van der Waals surface area (Å²) < 4.78 is 86.2. The van der Waals surface area contributed by atoms with E-state index in [9.17, 15) is 21.6 Å². The van der Waals surface area contributed by atoms with Crippen LogP contribution in [0.25, 0.3) is 0 Å². The van der Waals surface area contributed by atoms with Gasteiger partial charge in [0.05, 0.1) is 33.5 Å². The van der Waals surface area contributed by atoms with Crippen LogP contribution >= 0.6 is 0 Å².